The lowest BCUT2D eigenvalue weighted by Gasteiger charge is -2.42. The fraction of sp³-hybridized carbons (Fsp3) is 0.900. The second kappa shape index (κ2) is 6.27. The monoisotopic (exact) mass is 249 g/mol. The second-order valence-corrected chi connectivity index (χ2v) is 3.89. The maximum atomic E-state index is 11.0. The molecule has 1 fully saturated rings. The lowest BCUT2D eigenvalue weighted by Crippen LogP contribution is -2.64. The molecule has 7 heteroatoms. The van der Waals surface area contributed by atoms with Gasteiger partial charge >= 0.3 is 0 Å². The number of nitrogens with one attached hydrogen (secondary N) is 1. The molecule has 7 nitrogen and oxygen atoms in total. The van der Waals surface area contributed by atoms with Crippen LogP contribution < -0.4 is 5.32 Å². The lowest BCUT2D eigenvalue weighted by atomic mass is 9.97. The van der Waals surface area contributed by atoms with E-state index in [9.17, 15) is 15.0 Å². The van der Waals surface area contributed by atoms with Gasteiger partial charge in [0, 0.05) is 13.5 Å². The molecule has 0 spiro atoms. The number of aliphatic hydroxyl groups is 3. The van der Waals surface area contributed by atoms with Crippen LogP contribution in [0.15, 0.2) is 0 Å². The summed E-state index contributed by atoms with van der Waals surface area (Å²) in [5.41, 5.74) is 0. The van der Waals surface area contributed by atoms with E-state index in [0.717, 1.165) is 0 Å². The fourth-order valence-corrected chi connectivity index (χ4v) is 1.78. The zero-order valence-electron chi connectivity index (χ0n) is 9.87. The van der Waals surface area contributed by atoms with Crippen molar-refractivity contribution in [3.8, 4) is 0 Å². The molecule has 2 unspecified atom stereocenters. The molecule has 5 atom stereocenters. The van der Waals surface area contributed by atoms with Gasteiger partial charge in [-0.25, -0.2) is 0 Å². The molecule has 1 heterocycles. The van der Waals surface area contributed by atoms with E-state index in [1.165, 1.54) is 6.92 Å². The van der Waals surface area contributed by atoms with E-state index in [1.54, 1.807) is 6.92 Å². The minimum absolute atomic E-state index is 0.321. The van der Waals surface area contributed by atoms with Crippen LogP contribution in [-0.2, 0) is 14.3 Å². The van der Waals surface area contributed by atoms with Gasteiger partial charge in [-0.2, -0.15) is 0 Å². The molecule has 4 N–H and O–H groups in total. The van der Waals surface area contributed by atoms with E-state index < -0.39 is 37.3 Å². The summed E-state index contributed by atoms with van der Waals surface area (Å²) < 4.78 is 10.5. The number of amides is 1. The SMILES string of the molecule is CCOC1O[C@H](CO)C(O)[C@H](O)[C@H]1NC(C)=O. The quantitative estimate of drug-likeness (QED) is 0.457. The van der Waals surface area contributed by atoms with Crippen molar-refractivity contribution >= 4 is 5.91 Å². The number of rotatable bonds is 4. The highest BCUT2D eigenvalue weighted by molar-refractivity contribution is 5.73. The highest BCUT2D eigenvalue weighted by Crippen LogP contribution is 2.21. The van der Waals surface area contributed by atoms with E-state index in [0.29, 0.717) is 6.61 Å². The van der Waals surface area contributed by atoms with Crippen molar-refractivity contribution in [2.45, 2.75) is 44.5 Å². The van der Waals surface area contributed by atoms with E-state index in [4.69, 9.17) is 14.6 Å². The molecule has 1 aliphatic heterocycles. The number of hydrogen-bond donors (Lipinski definition) is 4. The van der Waals surface area contributed by atoms with Crippen molar-refractivity contribution in [3.63, 3.8) is 0 Å². The molecule has 0 aromatic heterocycles. The van der Waals surface area contributed by atoms with Gasteiger partial charge < -0.3 is 30.1 Å². The smallest absolute Gasteiger partial charge is 0.217 e. The highest BCUT2D eigenvalue weighted by atomic mass is 16.7. The average Bonchev–Trinajstić information content (AvgIpc) is 2.28. The van der Waals surface area contributed by atoms with Gasteiger partial charge in [0.25, 0.3) is 0 Å². The summed E-state index contributed by atoms with van der Waals surface area (Å²) in [4.78, 5) is 11.0. The van der Waals surface area contributed by atoms with Crippen LogP contribution in [-0.4, -0.2) is 65.1 Å². The molecule has 1 aliphatic rings. The van der Waals surface area contributed by atoms with Gasteiger partial charge in [-0.1, -0.05) is 0 Å². The van der Waals surface area contributed by atoms with Crippen molar-refractivity contribution in [3.05, 3.63) is 0 Å². The second-order valence-electron chi connectivity index (χ2n) is 3.89. The van der Waals surface area contributed by atoms with Crippen LogP contribution in [0.25, 0.3) is 0 Å². The van der Waals surface area contributed by atoms with E-state index in [-0.39, 0.29) is 5.91 Å². The maximum Gasteiger partial charge on any atom is 0.217 e. The maximum absolute atomic E-state index is 11.0. The van der Waals surface area contributed by atoms with Gasteiger partial charge in [-0.05, 0) is 6.92 Å². The number of ether oxygens (including phenoxy) is 2. The molecule has 0 radical (unpaired) electrons. The molecule has 0 saturated carbocycles. The molecule has 17 heavy (non-hydrogen) atoms. The summed E-state index contributed by atoms with van der Waals surface area (Å²) in [7, 11) is 0. The van der Waals surface area contributed by atoms with Crippen molar-refractivity contribution in [1.29, 1.82) is 0 Å². The first kappa shape index (κ1) is 14.3. The number of hydrogen-bond acceptors (Lipinski definition) is 6. The fourth-order valence-electron chi connectivity index (χ4n) is 1.78. The van der Waals surface area contributed by atoms with Gasteiger partial charge in [0.2, 0.25) is 5.91 Å². The minimum atomic E-state index is -1.27. The summed E-state index contributed by atoms with van der Waals surface area (Å²) in [5, 5.41) is 31.0. The van der Waals surface area contributed by atoms with Crippen LogP contribution in [0.4, 0.5) is 0 Å². The molecule has 1 amide bonds. The zero-order valence-corrected chi connectivity index (χ0v) is 9.87. The molecular formula is C10H19NO6. The van der Waals surface area contributed by atoms with Crippen molar-refractivity contribution < 1.29 is 29.6 Å². The van der Waals surface area contributed by atoms with Crippen LogP contribution in [0.1, 0.15) is 13.8 Å². The Bertz CT molecular complexity index is 261. The minimum Gasteiger partial charge on any atom is -0.394 e. The first-order valence-electron chi connectivity index (χ1n) is 5.52. The van der Waals surface area contributed by atoms with Crippen LogP contribution in [0.2, 0.25) is 0 Å². The van der Waals surface area contributed by atoms with Crippen LogP contribution >= 0.6 is 0 Å². The molecule has 1 rings (SSSR count). The summed E-state index contributed by atoms with van der Waals surface area (Å²) in [6, 6.07) is -0.856. The predicted molar refractivity (Wildman–Crippen MR) is 57.0 cm³/mol. The normalized spacial score (nSPS) is 37.8. The van der Waals surface area contributed by atoms with Crippen molar-refractivity contribution in [1.82, 2.24) is 5.32 Å². The Morgan fingerprint density at radius 3 is 2.53 bits per heavy atom. The van der Waals surface area contributed by atoms with Gasteiger partial charge in [-0.15, -0.1) is 0 Å². The summed E-state index contributed by atoms with van der Waals surface area (Å²) >= 11 is 0. The Morgan fingerprint density at radius 1 is 1.41 bits per heavy atom. The van der Waals surface area contributed by atoms with Gasteiger partial charge in [0.1, 0.15) is 24.4 Å². The standard InChI is InChI=1S/C10H19NO6/c1-3-16-10-7(11-5(2)13)9(15)8(14)6(4-12)17-10/h6-10,12,14-15H,3-4H2,1-2H3,(H,11,13)/t6-,7-,8?,9-,10?/m1/s1. The molecule has 0 aromatic carbocycles. The van der Waals surface area contributed by atoms with E-state index >= 15 is 0 Å². The molecule has 1 saturated heterocycles. The third kappa shape index (κ3) is 3.36. The Balaban J connectivity index is 2.78. The molecule has 0 aliphatic carbocycles. The van der Waals surface area contributed by atoms with Gasteiger partial charge in [-0.3, -0.25) is 4.79 Å². The highest BCUT2D eigenvalue weighted by Gasteiger charge is 2.45. The Kier molecular flexibility index (Phi) is 5.29. The number of carbonyl (C=O) groups is 1. The molecular weight excluding hydrogens is 230 g/mol. The summed E-state index contributed by atoms with van der Waals surface area (Å²) in [6.07, 6.45) is -4.33. The molecule has 100 valence electrons. The number of aliphatic hydroxyl groups excluding tert-OH is 3. The van der Waals surface area contributed by atoms with E-state index in [2.05, 4.69) is 5.32 Å². The molecule has 0 bridgehead atoms. The van der Waals surface area contributed by atoms with Crippen LogP contribution in [0.5, 0.6) is 0 Å². The lowest BCUT2D eigenvalue weighted by molar-refractivity contribution is -0.268. The van der Waals surface area contributed by atoms with Crippen LogP contribution in [0.3, 0.4) is 0 Å². The van der Waals surface area contributed by atoms with Gasteiger partial charge in [0.05, 0.1) is 6.61 Å². The zero-order chi connectivity index (χ0) is 13.0. The first-order valence-corrected chi connectivity index (χ1v) is 5.52. The Hall–Kier alpha value is -0.730. The summed E-state index contributed by atoms with van der Waals surface area (Å²) in [5.74, 6) is -0.364. The molecule has 0 aromatic rings. The van der Waals surface area contributed by atoms with Crippen molar-refractivity contribution in [2.75, 3.05) is 13.2 Å². The predicted octanol–water partition coefficient (Wildman–Crippen LogP) is -2.03. The van der Waals surface area contributed by atoms with E-state index in [1.807, 2.05) is 0 Å². The third-order valence-electron chi connectivity index (χ3n) is 2.58. The third-order valence-corrected chi connectivity index (χ3v) is 2.58. The average molecular weight is 249 g/mol. The Morgan fingerprint density at radius 2 is 2.06 bits per heavy atom. The summed E-state index contributed by atoms with van der Waals surface area (Å²) in [6.45, 7) is 2.91. The largest absolute Gasteiger partial charge is 0.394 e. The van der Waals surface area contributed by atoms with Gasteiger partial charge in [0.15, 0.2) is 6.29 Å². The van der Waals surface area contributed by atoms with Crippen LogP contribution in [0, 0.1) is 0 Å². The topological polar surface area (TPSA) is 108 Å². The van der Waals surface area contributed by atoms with Crippen molar-refractivity contribution in [2.24, 2.45) is 0 Å². The number of carbonyl (C=O) groups excluding carboxylic acids is 1. The Labute approximate surface area is 99.3 Å². The first-order chi connectivity index (χ1) is 8.01.